The van der Waals surface area contributed by atoms with Crippen LogP contribution in [-0.4, -0.2) is 10.1 Å². The summed E-state index contributed by atoms with van der Waals surface area (Å²) in [6.45, 7) is 0. The van der Waals surface area contributed by atoms with Gasteiger partial charge in [-0.1, -0.05) is 5.16 Å². The van der Waals surface area contributed by atoms with Gasteiger partial charge in [-0.2, -0.15) is 13.2 Å². The van der Waals surface area contributed by atoms with Crippen molar-refractivity contribution in [1.82, 2.24) is 5.16 Å². The van der Waals surface area contributed by atoms with Gasteiger partial charge in [0, 0.05) is 23.8 Å². The van der Waals surface area contributed by atoms with E-state index < -0.39 is 16.9 Å². The number of benzene rings is 1. The fourth-order valence-corrected chi connectivity index (χ4v) is 1.30. The van der Waals surface area contributed by atoms with Crippen molar-refractivity contribution in [3.63, 3.8) is 0 Å². The Balaban J connectivity index is 2.32. The van der Waals surface area contributed by atoms with Gasteiger partial charge in [0.15, 0.2) is 0 Å². The summed E-state index contributed by atoms with van der Waals surface area (Å²) >= 11 is 0. The molecule has 0 N–H and O–H groups in total. The third-order valence-electron chi connectivity index (χ3n) is 2.16. The standard InChI is InChI=1S/C10H5F3N2O3/c11-10(12,13)9-5-8(14-18-9)6-1-3-7(4-2-6)15(16)17/h1-5H. The number of halogens is 3. The van der Waals surface area contributed by atoms with Crippen LogP contribution in [-0.2, 0) is 6.18 Å². The van der Waals surface area contributed by atoms with Crippen LogP contribution in [0.5, 0.6) is 0 Å². The predicted molar refractivity (Wildman–Crippen MR) is 53.6 cm³/mol. The largest absolute Gasteiger partial charge is 0.452 e. The summed E-state index contributed by atoms with van der Waals surface area (Å²) in [5.74, 6) is -1.21. The lowest BCUT2D eigenvalue weighted by Crippen LogP contribution is -2.02. The van der Waals surface area contributed by atoms with Crippen molar-refractivity contribution in [3.05, 3.63) is 46.2 Å². The van der Waals surface area contributed by atoms with Crippen molar-refractivity contribution in [2.45, 2.75) is 6.18 Å². The van der Waals surface area contributed by atoms with Gasteiger partial charge in [-0.15, -0.1) is 0 Å². The smallest absolute Gasteiger partial charge is 0.351 e. The first-order chi connectivity index (χ1) is 8.38. The van der Waals surface area contributed by atoms with Crippen LogP contribution in [0.4, 0.5) is 18.9 Å². The lowest BCUT2D eigenvalue weighted by molar-refractivity contribution is -0.384. The molecule has 5 nitrogen and oxygen atoms in total. The van der Waals surface area contributed by atoms with Crippen LogP contribution in [0.25, 0.3) is 11.3 Å². The van der Waals surface area contributed by atoms with Gasteiger partial charge in [0.2, 0.25) is 5.76 Å². The number of rotatable bonds is 2. The molecule has 0 radical (unpaired) electrons. The van der Waals surface area contributed by atoms with Gasteiger partial charge < -0.3 is 4.52 Å². The van der Waals surface area contributed by atoms with Crippen molar-refractivity contribution in [3.8, 4) is 11.3 Å². The van der Waals surface area contributed by atoms with Gasteiger partial charge in [0.25, 0.3) is 5.69 Å². The van der Waals surface area contributed by atoms with Gasteiger partial charge in [-0.25, -0.2) is 0 Å². The molecular formula is C10H5F3N2O3. The highest BCUT2D eigenvalue weighted by molar-refractivity contribution is 5.60. The maximum atomic E-state index is 12.3. The normalized spacial score (nSPS) is 11.5. The molecular weight excluding hydrogens is 253 g/mol. The molecule has 2 rings (SSSR count). The summed E-state index contributed by atoms with van der Waals surface area (Å²) < 4.78 is 40.9. The zero-order chi connectivity index (χ0) is 13.3. The van der Waals surface area contributed by atoms with E-state index in [9.17, 15) is 23.3 Å². The molecule has 0 amide bonds. The van der Waals surface area contributed by atoms with E-state index in [-0.39, 0.29) is 11.4 Å². The Morgan fingerprint density at radius 2 is 1.83 bits per heavy atom. The molecule has 0 fully saturated rings. The summed E-state index contributed by atoms with van der Waals surface area (Å²) in [6, 6.07) is 5.70. The number of nitro groups is 1. The van der Waals surface area contributed by atoms with E-state index in [1.54, 1.807) is 0 Å². The van der Waals surface area contributed by atoms with Gasteiger partial charge in [-0.3, -0.25) is 10.1 Å². The molecule has 0 aliphatic heterocycles. The first-order valence-electron chi connectivity index (χ1n) is 4.66. The fraction of sp³-hybridized carbons (Fsp3) is 0.100. The second-order valence-corrected chi connectivity index (χ2v) is 3.38. The molecule has 0 saturated carbocycles. The van der Waals surface area contributed by atoms with E-state index in [1.807, 2.05) is 0 Å². The Morgan fingerprint density at radius 1 is 1.22 bits per heavy atom. The Kier molecular flexibility index (Phi) is 2.77. The highest BCUT2D eigenvalue weighted by Crippen LogP contribution is 2.32. The van der Waals surface area contributed by atoms with Crippen LogP contribution in [0.2, 0.25) is 0 Å². The Hall–Kier alpha value is -2.38. The summed E-state index contributed by atoms with van der Waals surface area (Å²) in [7, 11) is 0. The number of non-ortho nitro benzene ring substituents is 1. The number of nitrogens with zero attached hydrogens (tertiary/aromatic N) is 2. The first-order valence-corrected chi connectivity index (χ1v) is 4.66. The van der Waals surface area contributed by atoms with Crippen molar-refractivity contribution < 1.29 is 22.6 Å². The number of nitro benzene ring substituents is 1. The maximum Gasteiger partial charge on any atom is 0.452 e. The topological polar surface area (TPSA) is 69.2 Å². The number of hydrogen-bond donors (Lipinski definition) is 0. The van der Waals surface area contributed by atoms with Crippen LogP contribution in [0.3, 0.4) is 0 Å². The minimum atomic E-state index is -4.61. The first kappa shape index (κ1) is 12.1. The summed E-state index contributed by atoms with van der Waals surface area (Å²) in [4.78, 5) is 9.80. The Labute approximate surface area is 98.0 Å². The van der Waals surface area contributed by atoms with Crippen LogP contribution in [0, 0.1) is 10.1 Å². The van der Waals surface area contributed by atoms with Crippen molar-refractivity contribution in [2.75, 3.05) is 0 Å². The lowest BCUT2D eigenvalue weighted by Gasteiger charge is -1.97. The summed E-state index contributed by atoms with van der Waals surface area (Å²) in [5.41, 5.74) is 0.121. The molecule has 1 heterocycles. The van der Waals surface area contributed by atoms with E-state index in [2.05, 4.69) is 9.68 Å². The van der Waals surface area contributed by atoms with E-state index in [0.29, 0.717) is 5.56 Å². The fourth-order valence-electron chi connectivity index (χ4n) is 1.30. The van der Waals surface area contributed by atoms with Crippen LogP contribution in [0.15, 0.2) is 34.9 Å². The molecule has 0 saturated heterocycles. The molecule has 94 valence electrons. The molecule has 0 aliphatic carbocycles. The van der Waals surface area contributed by atoms with Gasteiger partial charge >= 0.3 is 6.18 Å². The third kappa shape index (κ3) is 2.31. The number of alkyl halides is 3. The molecule has 0 unspecified atom stereocenters. The Bertz CT molecular complexity index is 575. The number of aromatic nitrogens is 1. The molecule has 0 atom stereocenters. The van der Waals surface area contributed by atoms with Crippen molar-refractivity contribution in [1.29, 1.82) is 0 Å². The molecule has 0 spiro atoms. The second-order valence-electron chi connectivity index (χ2n) is 3.38. The monoisotopic (exact) mass is 258 g/mol. The number of hydrogen-bond acceptors (Lipinski definition) is 4. The second kappa shape index (κ2) is 4.13. The minimum absolute atomic E-state index is 0.0303. The van der Waals surface area contributed by atoms with E-state index >= 15 is 0 Å². The van der Waals surface area contributed by atoms with Crippen molar-refractivity contribution in [2.24, 2.45) is 0 Å². The average Bonchev–Trinajstić information content (AvgIpc) is 2.78. The maximum absolute atomic E-state index is 12.3. The van der Waals surface area contributed by atoms with Crippen molar-refractivity contribution >= 4 is 5.69 Å². The summed E-state index contributed by atoms with van der Waals surface area (Å²) in [5, 5.41) is 13.7. The molecule has 18 heavy (non-hydrogen) atoms. The highest BCUT2D eigenvalue weighted by atomic mass is 19.4. The minimum Gasteiger partial charge on any atom is -0.351 e. The molecule has 1 aromatic heterocycles. The third-order valence-corrected chi connectivity index (χ3v) is 2.16. The average molecular weight is 258 g/mol. The van der Waals surface area contributed by atoms with Gasteiger partial charge in [-0.05, 0) is 12.1 Å². The lowest BCUT2D eigenvalue weighted by atomic mass is 10.1. The van der Waals surface area contributed by atoms with Crippen LogP contribution in [0.1, 0.15) is 5.76 Å². The molecule has 1 aromatic carbocycles. The van der Waals surface area contributed by atoms with Crippen LogP contribution < -0.4 is 0 Å². The quantitative estimate of drug-likeness (QED) is 0.612. The summed E-state index contributed by atoms with van der Waals surface area (Å²) in [6.07, 6.45) is -4.61. The molecule has 2 aromatic rings. The van der Waals surface area contributed by atoms with Gasteiger partial charge in [0.05, 0.1) is 4.92 Å². The van der Waals surface area contributed by atoms with E-state index in [0.717, 1.165) is 6.07 Å². The predicted octanol–water partition coefficient (Wildman–Crippen LogP) is 3.27. The van der Waals surface area contributed by atoms with Gasteiger partial charge in [0.1, 0.15) is 5.69 Å². The molecule has 0 bridgehead atoms. The molecule has 0 aliphatic rings. The Morgan fingerprint density at radius 3 is 2.28 bits per heavy atom. The van der Waals surface area contributed by atoms with E-state index in [1.165, 1.54) is 24.3 Å². The van der Waals surface area contributed by atoms with E-state index in [4.69, 9.17) is 0 Å². The zero-order valence-corrected chi connectivity index (χ0v) is 8.64. The highest BCUT2D eigenvalue weighted by Gasteiger charge is 2.36. The van der Waals surface area contributed by atoms with Crippen LogP contribution >= 0.6 is 0 Å². The SMILES string of the molecule is O=[N+]([O-])c1ccc(-c2cc(C(F)(F)F)on2)cc1. The molecule has 8 heteroatoms. The zero-order valence-electron chi connectivity index (χ0n) is 8.64.